The van der Waals surface area contributed by atoms with Gasteiger partial charge in [0.1, 0.15) is 12.2 Å². The van der Waals surface area contributed by atoms with E-state index < -0.39 is 35.2 Å². The van der Waals surface area contributed by atoms with Gasteiger partial charge in [0.2, 0.25) is 11.5 Å². The van der Waals surface area contributed by atoms with Gasteiger partial charge in [-0.05, 0) is 112 Å². The first-order valence-corrected chi connectivity index (χ1v) is 21.2. The Labute approximate surface area is 376 Å². The molecule has 4 aromatic carbocycles. The lowest BCUT2D eigenvalue weighted by atomic mass is 9.75. The van der Waals surface area contributed by atoms with E-state index in [0.29, 0.717) is 47.3 Å². The zero-order valence-corrected chi connectivity index (χ0v) is 38.7. The number of likely N-dealkylation sites (N-methyl/N-ethyl adjacent to an activating group) is 2. The molecule has 0 saturated carbocycles. The number of rotatable bonds is 20. The topological polar surface area (TPSA) is 133 Å². The van der Waals surface area contributed by atoms with Crippen molar-refractivity contribution in [3.05, 3.63) is 118 Å². The molecule has 4 atom stereocenters. The van der Waals surface area contributed by atoms with Gasteiger partial charge in [-0.15, -0.1) is 0 Å². The number of carbonyl (C=O) groups excluding carboxylic acids is 2. The number of benzene rings is 4. The van der Waals surface area contributed by atoms with E-state index in [4.69, 9.17) is 47.4 Å². The van der Waals surface area contributed by atoms with E-state index in [-0.39, 0.29) is 26.4 Å². The average molecular weight is 883 g/mol. The first-order valence-electron chi connectivity index (χ1n) is 21.2. The first kappa shape index (κ1) is 47.7. The van der Waals surface area contributed by atoms with Crippen molar-refractivity contribution in [3.8, 4) is 34.5 Å². The maximum Gasteiger partial charge on any atom is 0.331 e. The van der Waals surface area contributed by atoms with Crippen LogP contribution in [0.15, 0.2) is 84.9 Å². The molecule has 344 valence electrons. The van der Waals surface area contributed by atoms with Crippen LogP contribution < -0.4 is 28.4 Å². The van der Waals surface area contributed by atoms with Gasteiger partial charge in [-0.25, -0.2) is 9.59 Å². The fourth-order valence-electron chi connectivity index (χ4n) is 8.97. The molecule has 14 heteroatoms. The van der Waals surface area contributed by atoms with Crippen LogP contribution in [0.1, 0.15) is 58.4 Å². The van der Waals surface area contributed by atoms with Gasteiger partial charge < -0.3 is 47.4 Å². The second-order valence-corrected chi connectivity index (χ2v) is 16.4. The van der Waals surface area contributed by atoms with E-state index in [1.807, 2.05) is 101 Å². The van der Waals surface area contributed by atoms with Crippen LogP contribution in [0.4, 0.5) is 0 Å². The summed E-state index contributed by atoms with van der Waals surface area (Å²) in [6.07, 6.45) is 3.62. The standard InChI is InChI=1S/C50H62N2O12/c1-51(2)49(31-61-29-33-25-39(55-5)45(59-9)40(26-33)56-6)23-21-35-15-11-13-17-37(35)47(49)63-43(53)19-20-44(54)64-48-38-18-14-12-16-36(38)22-24-50(48,52(3)4)32-62-30-34-27-41(57-7)46(60-10)42(28-34)58-8/h11-20,25-28,47-48H,21-24,29-32H2,1-10H3/b20-19+. The molecular weight excluding hydrogens is 821 g/mol. The molecule has 0 aromatic heterocycles. The Hall–Kier alpha value is -5.80. The lowest BCUT2D eigenvalue weighted by Gasteiger charge is -2.48. The van der Waals surface area contributed by atoms with Crippen molar-refractivity contribution in [2.24, 2.45) is 0 Å². The average Bonchev–Trinajstić information content (AvgIpc) is 3.31. The van der Waals surface area contributed by atoms with Crippen molar-refractivity contribution >= 4 is 11.9 Å². The zero-order valence-electron chi connectivity index (χ0n) is 38.7. The van der Waals surface area contributed by atoms with Crippen molar-refractivity contribution in [2.75, 3.05) is 84.1 Å². The zero-order chi connectivity index (χ0) is 46.0. The third-order valence-corrected chi connectivity index (χ3v) is 12.6. The maximum absolute atomic E-state index is 13.9. The van der Waals surface area contributed by atoms with Gasteiger partial charge >= 0.3 is 11.9 Å². The summed E-state index contributed by atoms with van der Waals surface area (Å²) in [5.41, 5.74) is 4.05. The van der Waals surface area contributed by atoms with Crippen LogP contribution in [0.25, 0.3) is 0 Å². The van der Waals surface area contributed by atoms with Crippen LogP contribution in [-0.2, 0) is 54.6 Å². The van der Waals surface area contributed by atoms with Gasteiger partial charge in [-0.2, -0.15) is 0 Å². The molecule has 0 saturated heterocycles. The van der Waals surface area contributed by atoms with Crippen LogP contribution in [0, 0.1) is 0 Å². The number of hydrogen-bond donors (Lipinski definition) is 0. The quantitative estimate of drug-likeness (QED) is 0.0661. The Morgan fingerprint density at radius 1 is 0.547 bits per heavy atom. The Balaban J connectivity index is 1.21. The summed E-state index contributed by atoms with van der Waals surface area (Å²) in [5.74, 6) is 1.69. The predicted octanol–water partition coefficient (Wildman–Crippen LogP) is 7.09. The Morgan fingerprint density at radius 3 is 1.20 bits per heavy atom. The number of methoxy groups -OCH3 is 6. The first-order chi connectivity index (χ1) is 30.9. The number of carbonyl (C=O) groups is 2. The van der Waals surface area contributed by atoms with Crippen LogP contribution in [0.3, 0.4) is 0 Å². The number of fused-ring (bicyclic) bond motifs is 2. The summed E-state index contributed by atoms with van der Waals surface area (Å²) in [7, 11) is 17.2. The van der Waals surface area contributed by atoms with Gasteiger partial charge in [0.25, 0.3) is 0 Å². The molecule has 2 aliphatic carbocycles. The Bertz CT molecular complexity index is 2070. The highest BCUT2D eigenvalue weighted by Gasteiger charge is 2.49. The number of esters is 2. The van der Waals surface area contributed by atoms with Crippen molar-refractivity contribution in [3.63, 3.8) is 0 Å². The Kier molecular flexibility index (Phi) is 15.8. The fourth-order valence-corrected chi connectivity index (χ4v) is 8.97. The second kappa shape index (κ2) is 21.3. The Morgan fingerprint density at radius 2 is 0.891 bits per heavy atom. The van der Waals surface area contributed by atoms with Gasteiger partial charge in [0.15, 0.2) is 23.0 Å². The van der Waals surface area contributed by atoms with Gasteiger partial charge in [-0.3, -0.25) is 9.80 Å². The monoisotopic (exact) mass is 882 g/mol. The minimum absolute atomic E-state index is 0.226. The van der Waals surface area contributed by atoms with E-state index >= 15 is 0 Å². The van der Waals surface area contributed by atoms with Crippen molar-refractivity contribution in [1.29, 1.82) is 0 Å². The highest BCUT2D eigenvalue weighted by molar-refractivity contribution is 5.92. The molecule has 4 unspecified atom stereocenters. The molecule has 14 nitrogen and oxygen atoms in total. The third-order valence-electron chi connectivity index (χ3n) is 12.6. The summed E-state index contributed by atoms with van der Waals surface area (Å²) < 4.78 is 58.8. The third kappa shape index (κ3) is 9.95. The highest BCUT2D eigenvalue weighted by atomic mass is 16.6. The summed E-state index contributed by atoms with van der Waals surface area (Å²) in [6.45, 7) is 0.915. The van der Waals surface area contributed by atoms with Gasteiger partial charge in [-0.1, -0.05) is 48.5 Å². The summed E-state index contributed by atoms with van der Waals surface area (Å²) >= 11 is 0. The molecule has 0 N–H and O–H groups in total. The van der Waals surface area contributed by atoms with Crippen molar-refractivity contribution in [2.45, 2.75) is 62.2 Å². The fraction of sp³-hybridized carbons (Fsp3) is 0.440. The SMILES string of the molecule is COc1cc(COCC2(N(C)C)CCc3ccccc3C2OC(=O)/C=C/C(=O)OC2c3ccccc3CCC2(COCc2cc(OC)c(OC)c(OC)c2)N(C)C)cc(OC)c1OC. The molecule has 4 aromatic rings. The molecule has 0 aliphatic heterocycles. The number of nitrogens with zero attached hydrogens (tertiary/aromatic N) is 2. The number of aryl methyl sites for hydroxylation is 2. The van der Waals surface area contributed by atoms with Gasteiger partial charge in [0.05, 0.1) is 80.2 Å². The molecule has 0 amide bonds. The van der Waals surface area contributed by atoms with E-state index in [2.05, 4.69) is 9.80 Å². The lowest BCUT2D eigenvalue weighted by molar-refractivity contribution is -0.161. The predicted molar refractivity (Wildman–Crippen MR) is 241 cm³/mol. The van der Waals surface area contributed by atoms with Gasteiger partial charge in [0, 0.05) is 12.2 Å². The van der Waals surface area contributed by atoms with Crippen molar-refractivity contribution in [1.82, 2.24) is 9.80 Å². The van der Waals surface area contributed by atoms with Crippen LogP contribution in [-0.4, -0.2) is 117 Å². The summed E-state index contributed by atoms with van der Waals surface area (Å²) in [4.78, 5) is 31.9. The number of ether oxygens (including phenoxy) is 10. The van der Waals surface area contributed by atoms with E-state index in [1.54, 1.807) is 42.7 Å². The molecule has 0 heterocycles. The van der Waals surface area contributed by atoms with E-state index in [9.17, 15) is 9.59 Å². The lowest BCUT2D eigenvalue weighted by Crippen LogP contribution is -2.56. The summed E-state index contributed by atoms with van der Waals surface area (Å²) in [5, 5.41) is 0. The minimum atomic E-state index is -0.752. The second-order valence-electron chi connectivity index (χ2n) is 16.4. The van der Waals surface area contributed by atoms with Crippen LogP contribution in [0.2, 0.25) is 0 Å². The van der Waals surface area contributed by atoms with Crippen LogP contribution >= 0.6 is 0 Å². The molecule has 6 rings (SSSR count). The molecular formula is C50H62N2O12. The molecule has 64 heavy (non-hydrogen) atoms. The highest BCUT2D eigenvalue weighted by Crippen LogP contribution is 2.46. The molecule has 0 spiro atoms. The largest absolute Gasteiger partial charge is 0.493 e. The number of hydrogen-bond acceptors (Lipinski definition) is 14. The molecule has 0 radical (unpaired) electrons. The molecule has 0 bridgehead atoms. The van der Waals surface area contributed by atoms with Crippen molar-refractivity contribution < 1.29 is 57.0 Å². The minimum Gasteiger partial charge on any atom is -0.493 e. The van der Waals surface area contributed by atoms with Crippen LogP contribution in [0.5, 0.6) is 34.5 Å². The normalized spacial score (nSPS) is 20.3. The summed E-state index contributed by atoms with van der Waals surface area (Å²) in [6, 6.07) is 23.3. The maximum atomic E-state index is 13.9. The molecule has 0 fully saturated rings. The smallest absolute Gasteiger partial charge is 0.331 e. The van der Waals surface area contributed by atoms with E-state index in [1.165, 1.54) is 0 Å². The molecule has 2 aliphatic rings. The van der Waals surface area contributed by atoms with E-state index in [0.717, 1.165) is 58.4 Å².